The molecule has 8 heteroatoms. The summed E-state index contributed by atoms with van der Waals surface area (Å²) in [7, 11) is 1.54. The fourth-order valence-corrected chi connectivity index (χ4v) is 8.80. The van der Waals surface area contributed by atoms with Gasteiger partial charge in [-0.3, -0.25) is 24.1 Å². The summed E-state index contributed by atoms with van der Waals surface area (Å²) in [5.74, 6) is -3.17. The molecule has 4 fully saturated rings. The Kier molecular flexibility index (Phi) is 6.29. The monoisotopic (exact) mass is 568 g/mol. The minimum atomic E-state index is -1.21. The van der Waals surface area contributed by atoms with Crippen LogP contribution in [0.2, 0.25) is 0 Å². The number of phenols is 1. The number of fused-ring (bicyclic) bond motifs is 4. The van der Waals surface area contributed by atoms with Crippen molar-refractivity contribution in [3.05, 3.63) is 65.7 Å². The fourth-order valence-electron chi connectivity index (χ4n) is 8.80. The summed E-state index contributed by atoms with van der Waals surface area (Å²) in [4.78, 5) is 59.4. The van der Waals surface area contributed by atoms with Crippen LogP contribution >= 0.6 is 0 Å². The van der Waals surface area contributed by atoms with Crippen molar-refractivity contribution in [2.24, 2.45) is 29.1 Å². The van der Waals surface area contributed by atoms with Gasteiger partial charge in [-0.1, -0.05) is 49.1 Å². The van der Waals surface area contributed by atoms with E-state index in [2.05, 4.69) is 0 Å². The first-order valence-corrected chi connectivity index (χ1v) is 15.1. The summed E-state index contributed by atoms with van der Waals surface area (Å²) < 4.78 is 5.50. The molecule has 2 heterocycles. The van der Waals surface area contributed by atoms with Crippen molar-refractivity contribution >= 4 is 29.3 Å². The molecule has 1 N–H and O–H groups in total. The maximum absolute atomic E-state index is 14.4. The Morgan fingerprint density at radius 1 is 0.905 bits per heavy atom. The Labute approximate surface area is 245 Å². The maximum Gasteiger partial charge on any atom is 0.241 e. The van der Waals surface area contributed by atoms with Crippen molar-refractivity contribution in [2.45, 2.75) is 63.8 Å². The first-order valence-electron chi connectivity index (χ1n) is 15.1. The Hall–Kier alpha value is -3.94. The van der Waals surface area contributed by atoms with Gasteiger partial charge >= 0.3 is 0 Å². The molecule has 0 aromatic heterocycles. The van der Waals surface area contributed by atoms with Crippen LogP contribution in [0.15, 0.2) is 60.2 Å². The van der Waals surface area contributed by atoms with E-state index in [1.807, 2.05) is 19.1 Å². The molecule has 0 spiro atoms. The van der Waals surface area contributed by atoms with E-state index in [-0.39, 0.29) is 35.4 Å². The number of benzene rings is 2. The minimum absolute atomic E-state index is 0.000477. The lowest BCUT2D eigenvalue weighted by Crippen LogP contribution is -2.49. The number of anilines is 1. The van der Waals surface area contributed by atoms with Gasteiger partial charge in [-0.25, -0.2) is 4.90 Å². The van der Waals surface area contributed by atoms with Crippen LogP contribution in [0, 0.1) is 29.1 Å². The molecule has 2 aliphatic heterocycles. The Balaban J connectivity index is 1.37. The highest BCUT2D eigenvalue weighted by Crippen LogP contribution is 2.64. The summed E-state index contributed by atoms with van der Waals surface area (Å²) >= 11 is 0. The van der Waals surface area contributed by atoms with E-state index in [0.29, 0.717) is 29.8 Å². The lowest BCUT2D eigenvalue weighted by atomic mass is 9.51. The minimum Gasteiger partial charge on any atom is -0.508 e. The Bertz CT molecular complexity index is 1510. The van der Waals surface area contributed by atoms with Gasteiger partial charge < -0.3 is 9.84 Å². The van der Waals surface area contributed by atoms with E-state index in [9.17, 15) is 24.3 Å². The molecule has 0 unspecified atom stereocenters. The van der Waals surface area contributed by atoms with Crippen LogP contribution in [0.3, 0.4) is 0 Å². The lowest BCUT2D eigenvalue weighted by molar-refractivity contribution is -0.144. The molecule has 7 rings (SSSR count). The van der Waals surface area contributed by atoms with Crippen LogP contribution in [0.4, 0.5) is 5.69 Å². The van der Waals surface area contributed by atoms with E-state index in [0.717, 1.165) is 37.7 Å². The predicted octanol–water partition coefficient (Wildman–Crippen LogP) is 4.96. The molecule has 218 valence electrons. The normalized spacial score (nSPS) is 32.9. The summed E-state index contributed by atoms with van der Waals surface area (Å²) in [6.45, 7) is 1.82. The molecule has 4 amide bonds. The topological polar surface area (TPSA) is 104 Å². The summed E-state index contributed by atoms with van der Waals surface area (Å²) in [6, 6.07) is 13.8. The predicted molar refractivity (Wildman–Crippen MR) is 154 cm³/mol. The zero-order valence-corrected chi connectivity index (χ0v) is 24.0. The number of nitrogens with zero attached hydrogens (tertiary/aromatic N) is 2. The van der Waals surface area contributed by atoms with E-state index in [1.54, 1.807) is 54.5 Å². The third-order valence-corrected chi connectivity index (χ3v) is 10.8. The standard InChI is InChI=1S/C34H36N2O6/c1-34-26(31(39)36(33(34)41)20-11-7-4-8-12-20)18-24-22(29(34)25-17-21(42-2)13-16-27(25)37)14-15-23-28(24)32(40)35(30(23)38)19-9-5-3-6-10-19/h4,7-8,11-14,16-17,19,23-24,26,28-29,37H,3,5-6,9-10,15,18H2,1-2H3/t23-,24+,26-,28-,29+,34+/m0/s1. The molecule has 42 heavy (non-hydrogen) atoms. The van der Waals surface area contributed by atoms with Gasteiger partial charge in [0.25, 0.3) is 0 Å². The second-order valence-electron chi connectivity index (χ2n) is 12.8. The SMILES string of the molecule is COc1ccc(O)c([C@H]2C3=CC[C@@H]4C(=O)N(C5CCCCC5)C(=O)[C@@H]4[C@@H]3C[C@H]3C(=O)N(c4ccccc4)C(=O)[C@@]23C)c1. The van der Waals surface area contributed by atoms with Crippen molar-refractivity contribution in [2.75, 3.05) is 12.0 Å². The summed E-state index contributed by atoms with van der Waals surface area (Å²) in [5, 5.41) is 11.2. The number of rotatable bonds is 4. The Morgan fingerprint density at radius 3 is 2.36 bits per heavy atom. The Morgan fingerprint density at radius 2 is 1.64 bits per heavy atom. The fraction of sp³-hybridized carbons (Fsp3) is 0.471. The van der Waals surface area contributed by atoms with Crippen LogP contribution in [0.25, 0.3) is 0 Å². The molecule has 8 nitrogen and oxygen atoms in total. The van der Waals surface area contributed by atoms with E-state index >= 15 is 0 Å². The zero-order valence-electron chi connectivity index (χ0n) is 24.0. The molecular weight excluding hydrogens is 532 g/mol. The number of allylic oxidation sites excluding steroid dienone is 2. The zero-order chi connectivity index (χ0) is 29.3. The van der Waals surface area contributed by atoms with Gasteiger partial charge in [0, 0.05) is 17.5 Å². The quantitative estimate of drug-likeness (QED) is 0.413. The average molecular weight is 569 g/mol. The number of hydrogen-bond acceptors (Lipinski definition) is 6. The molecule has 2 aromatic carbocycles. The number of carbonyl (C=O) groups is 4. The van der Waals surface area contributed by atoms with E-state index < -0.39 is 35.0 Å². The van der Waals surface area contributed by atoms with Crippen molar-refractivity contribution in [3.63, 3.8) is 0 Å². The van der Waals surface area contributed by atoms with Crippen molar-refractivity contribution in [3.8, 4) is 11.5 Å². The number of hydrogen-bond donors (Lipinski definition) is 1. The van der Waals surface area contributed by atoms with Crippen LogP contribution < -0.4 is 9.64 Å². The molecule has 2 saturated carbocycles. The highest BCUT2D eigenvalue weighted by molar-refractivity contribution is 6.24. The summed E-state index contributed by atoms with van der Waals surface area (Å²) in [6.07, 6.45) is 7.53. The van der Waals surface area contributed by atoms with Crippen molar-refractivity contribution in [1.29, 1.82) is 0 Å². The van der Waals surface area contributed by atoms with Gasteiger partial charge in [0.1, 0.15) is 11.5 Å². The number of imide groups is 2. The molecule has 6 atom stereocenters. The molecule has 0 bridgehead atoms. The van der Waals surface area contributed by atoms with Crippen molar-refractivity contribution in [1.82, 2.24) is 4.90 Å². The van der Waals surface area contributed by atoms with Crippen LogP contribution in [-0.4, -0.2) is 46.8 Å². The van der Waals surface area contributed by atoms with Gasteiger partial charge in [0.05, 0.1) is 36.0 Å². The lowest BCUT2D eigenvalue weighted by Gasteiger charge is -2.49. The molecule has 5 aliphatic rings. The number of amides is 4. The highest BCUT2D eigenvalue weighted by Gasteiger charge is 2.68. The third kappa shape index (κ3) is 3.66. The number of methoxy groups -OCH3 is 1. The molecule has 0 radical (unpaired) electrons. The number of phenolic OH excluding ortho intramolecular Hbond substituents is 1. The van der Waals surface area contributed by atoms with Crippen molar-refractivity contribution < 1.29 is 29.0 Å². The molecule has 3 aliphatic carbocycles. The number of para-hydroxylation sites is 1. The third-order valence-electron chi connectivity index (χ3n) is 10.8. The van der Waals surface area contributed by atoms with Crippen LogP contribution in [0.5, 0.6) is 11.5 Å². The molecule has 2 saturated heterocycles. The smallest absolute Gasteiger partial charge is 0.241 e. The number of likely N-dealkylation sites (tertiary alicyclic amines) is 1. The largest absolute Gasteiger partial charge is 0.508 e. The average Bonchev–Trinajstić information content (AvgIpc) is 3.38. The van der Waals surface area contributed by atoms with Crippen LogP contribution in [-0.2, 0) is 19.2 Å². The number of aromatic hydroxyl groups is 1. The van der Waals surface area contributed by atoms with Gasteiger partial charge in [-0.05, 0) is 68.9 Å². The van der Waals surface area contributed by atoms with Gasteiger partial charge in [-0.15, -0.1) is 0 Å². The van der Waals surface area contributed by atoms with E-state index in [1.165, 1.54) is 4.90 Å². The molecule has 2 aromatic rings. The first-order chi connectivity index (χ1) is 20.3. The second kappa shape index (κ2) is 9.82. The van der Waals surface area contributed by atoms with Gasteiger partial charge in [0.15, 0.2) is 0 Å². The molecular formula is C34H36N2O6. The maximum atomic E-state index is 14.4. The summed E-state index contributed by atoms with van der Waals surface area (Å²) in [5.41, 5.74) is 0.650. The first kappa shape index (κ1) is 26.9. The van der Waals surface area contributed by atoms with E-state index in [4.69, 9.17) is 4.74 Å². The van der Waals surface area contributed by atoms with Crippen LogP contribution in [0.1, 0.15) is 63.4 Å². The second-order valence-corrected chi connectivity index (χ2v) is 12.8. The number of ether oxygens (including phenoxy) is 1. The van der Waals surface area contributed by atoms with Gasteiger partial charge in [-0.2, -0.15) is 0 Å². The highest BCUT2D eigenvalue weighted by atomic mass is 16.5. The number of carbonyl (C=O) groups excluding carboxylic acids is 4. The van der Waals surface area contributed by atoms with Gasteiger partial charge in [0.2, 0.25) is 23.6 Å².